The van der Waals surface area contributed by atoms with Crippen LogP contribution >= 0.6 is 0 Å². The average molecular weight is 461 g/mol. The van der Waals surface area contributed by atoms with Gasteiger partial charge in [-0.2, -0.15) is 0 Å². The van der Waals surface area contributed by atoms with Gasteiger partial charge in [0.05, 0.1) is 24.2 Å². The lowest BCUT2D eigenvalue weighted by molar-refractivity contribution is 0.342. The van der Waals surface area contributed by atoms with Crippen LogP contribution in [0, 0.1) is 0 Å². The van der Waals surface area contributed by atoms with Crippen molar-refractivity contribution in [2.24, 2.45) is 9.98 Å². The van der Waals surface area contributed by atoms with Crippen molar-refractivity contribution in [3.63, 3.8) is 0 Å². The summed E-state index contributed by atoms with van der Waals surface area (Å²) in [6.07, 6.45) is 0. The monoisotopic (exact) mass is 460 g/mol. The fourth-order valence-corrected chi connectivity index (χ4v) is 4.83. The smallest absolute Gasteiger partial charge is 0.220 e. The minimum atomic E-state index is -0.298. The van der Waals surface area contributed by atoms with Gasteiger partial charge in [-0.1, -0.05) is 67.5 Å². The zero-order valence-corrected chi connectivity index (χ0v) is 21.8. The highest BCUT2D eigenvalue weighted by Crippen LogP contribution is 2.53. The molecule has 0 aromatic heterocycles. The SMILES string of the molecule is CC(C)(C)c1cc(C2=NCCO2)c2c(c1)C(C)(C)c1cc(C(C)(C)C)cc(C3=NCCO3)c1O2. The van der Waals surface area contributed by atoms with Crippen LogP contribution < -0.4 is 4.74 Å². The van der Waals surface area contributed by atoms with Crippen LogP contribution in [0.1, 0.15) is 88.8 Å². The first-order valence-corrected chi connectivity index (χ1v) is 12.3. The zero-order valence-electron chi connectivity index (χ0n) is 21.8. The molecule has 5 rings (SSSR count). The van der Waals surface area contributed by atoms with E-state index in [1.54, 1.807) is 0 Å². The molecule has 0 bridgehead atoms. The molecule has 3 heterocycles. The van der Waals surface area contributed by atoms with Gasteiger partial charge >= 0.3 is 0 Å². The predicted octanol–water partition coefficient (Wildman–Crippen LogP) is 6.27. The number of aliphatic imine (C=N–C) groups is 2. The molecular weight excluding hydrogens is 424 g/mol. The van der Waals surface area contributed by atoms with E-state index in [9.17, 15) is 0 Å². The first-order chi connectivity index (χ1) is 15.9. The molecule has 0 fully saturated rings. The van der Waals surface area contributed by atoms with E-state index >= 15 is 0 Å². The van der Waals surface area contributed by atoms with Gasteiger partial charge in [0.25, 0.3) is 0 Å². The van der Waals surface area contributed by atoms with Gasteiger partial charge in [0, 0.05) is 16.5 Å². The molecule has 0 unspecified atom stereocenters. The molecule has 0 aliphatic carbocycles. The molecule has 0 radical (unpaired) electrons. The molecular formula is C29H36N2O3. The van der Waals surface area contributed by atoms with Crippen LogP contribution in [0.25, 0.3) is 0 Å². The van der Waals surface area contributed by atoms with Crippen molar-refractivity contribution in [1.82, 2.24) is 0 Å². The largest absolute Gasteiger partial charge is 0.475 e. The Labute approximate surface area is 203 Å². The zero-order chi connectivity index (χ0) is 24.5. The summed E-state index contributed by atoms with van der Waals surface area (Å²) < 4.78 is 18.7. The van der Waals surface area contributed by atoms with Crippen molar-refractivity contribution >= 4 is 11.8 Å². The van der Waals surface area contributed by atoms with Gasteiger partial charge in [-0.25, -0.2) is 9.98 Å². The summed E-state index contributed by atoms with van der Waals surface area (Å²) in [5.41, 5.74) is 6.32. The molecule has 3 aliphatic rings. The predicted molar refractivity (Wildman–Crippen MR) is 137 cm³/mol. The molecule has 0 atom stereocenters. The second-order valence-corrected chi connectivity index (χ2v) is 12.1. The second-order valence-electron chi connectivity index (χ2n) is 12.1. The highest BCUT2D eigenvalue weighted by Gasteiger charge is 2.41. The van der Waals surface area contributed by atoms with E-state index in [1.807, 2.05) is 0 Å². The van der Waals surface area contributed by atoms with Crippen molar-refractivity contribution < 1.29 is 14.2 Å². The van der Waals surface area contributed by atoms with Crippen LogP contribution in [0.4, 0.5) is 0 Å². The lowest BCUT2D eigenvalue weighted by Crippen LogP contribution is -2.29. The Morgan fingerprint density at radius 3 is 1.41 bits per heavy atom. The highest BCUT2D eigenvalue weighted by atomic mass is 16.5. The molecule has 0 N–H and O–H groups in total. The normalized spacial score (nSPS) is 18.8. The van der Waals surface area contributed by atoms with E-state index in [1.165, 1.54) is 11.1 Å². The fourth-order valence-electron chi connectivity index (χ4n) is 4.83. The molecule has 2 aromatic carbocycles. The number of benzene rings is 2. The minimum absolute atomic E-state index is 0.0237. The summed E-state index contributed by atoms with van der Waals surface area (Å²) in [5, 5.41) is 0. The van der Waals surface area contributed by atoms with E-state index in [0.29, 0.717) is 38.1 Å². The van der Waals surface area contributed by atoms with Crippen molar-refractivity contribution in [3.05, 3.63) is 57.6 Å². The third-order valence-electron chi connectivity index (χ3n) is 7.09. The Bertz CT molecular complexity index is 1130. The molecule has 0 spiro atoms. The first-order valence-electron chi connectivity index (χ1n) is 12.3. The molecule has 0 saturated heterocycles. The summed E-state index contributed by atoms with van der Waals surface area (Å²) in [7, 11) is 0. The van der Waals surface area contributed by atoms with Gasteiger partial charge in [-0.05, 0) is 34.1 Å². The van der Waals surface area contributed by atoms with Crippen LogP contribution in [-0.2, 0) is 25.7 Å². The van der Waals surface area contributed by atoms with Crippen molar-refractivity contribution in [2.45, 2.75) is 71.6 Å². The van der Waals surface area contributed by atoms with Crippen molar-refractivity contribution in [3.8, 4) is 11.5 Å². The number of hydrogen-bond donors (Lipinski definition) is 0. The van der Waals surface area contributed by atoms with Gasteiger partial charge in [-0.3, -0.25) is 0 Å². The lowest BCUT2D eigenvalue weighted by Gasteiger charge is -2.38. The Morgan fingerprint density at radius 2 is 1.09 bits per heavy atom. The van der Waals surface area contributed by atoms with Crippen LogP contribution in [0.5, 0.6) is 11.5 Å². The van der Waals surface area contributed by atoms with Gasteiger partial charge in [0.1, 0.15) is 24.7 Å². The van der Waals surface area contributed by atoms with Gasteiger partial charge in [0.15, 0.2) is 0 Å². The molecule has 0 saturated carbocycles. The Hall–Kier alpha value is -2.82. The van der Waals surface area contributed by atoms with Crippen molar-refractivity contribution in [2.75, 3.05) is 26.3 Å². The van der Waals surface area contributed by atoms with Crippen molar-refractivity contribution in [1.29, 1.82) is 0 Å². The number of hydrogen-bond acceptors (Lipinski definition) is 5. The van der Waals surface area contributed by atoms with E-state index < -0.39 is 0 Å². The summed E-state index contributed by atoms with van der Waals surface area (Å²) in [6.45, 7) is 20.6. The summed E-state index contributed by atoms with van der Waals surface area (Å²) in [6, 6.07) is 9.00. The number of ether oxygens (including phenoxy) is 3. The average Bonchev–Trinajstić information content (AvgIpc) is 3.46. The van der Waals surface area contributed by atoms with Crippen LogP contribution in [0.3, 0.4) is 0 Å². The number of rotatable bonds is 2. The van der Waals surface area contributed by atoms with E-state index in [0.717, 1.165) is 33.8 Å². The lowest BCUT2D eigenvalue weighted by atomic mass is 9.70. The summed E-state index contributed by atoms with van der Waals surface area (Å²) >= 11 is 0. The highest BCUT2D eigenvalue weighted by molar-refractivity contribution is 6.01. The first kappa shape index (κ1) is 22.9. The fraction of sp³-hybridized carbons (Fsp3) is 0.517. The van der Waals surface area contributed by atoms with Gasteiger partial charge < -0.3 is 14.2 Å². The molecule has 0 amide bonds. The molecule has 5 heteroatoms. The van der Waals surface area contributed by atoms with E-state index in [-0.39, 0.29) is 16.2 Å². The number of fused-ring (bicyclic) bond motifs is 2. The number of nitrogens with zero attached hydrogens (tertiary/aromatic N) is 2. The maximum Gasteiger partial charge on any atom is 0.220 e. The third kappa shape index (κ3) is 3.70. The molecule has 5 nitrogen and oxygen atoms in total. The molecule has 2 aromatic rings. The molecule has 180 valence electrons. The van der Waals surface area contributed by atoms with Crippen LogP contribution in [0.2, 0.25) is 0 Å². The van der Waals surface area contributed by atoms with E-state index in [4.69, 9.17) is 14.2 Å². The van der Waals surface area contributed by atoms with Crippen LogP contribution in [0.15, 0.2) is 34.3 Å². The maximum atomic E-state index is 6.81. The van der Waals surface area contributed by atoms with E-state index in [2.05, 4.69) is 89.6 Å². The minimum Gasteiger partial charge on any atom is -0.475 e. The second kappa shape index (κ2) is 7.59. The Morgan fingerprint density at radius 1 is 0.676 bits per heavy atom. The topological polar surface area (TPSA) is 52.4 Å². The quantitative estimate of drug-likeness (QED) is 0.531. The van der Waals surface area contributed by atoms with Crippen LogP contribution in [-0.4, -0.2) is 38.1 Å². The summed E-state index contributed by atoms with van der Waals surface area (Å²) in [5.74, 6) is 3.00. The Kier molecular flexibility index (Phi) is 5.12. The van der Waals surface area contributed by atoms with Gasteiger partial charge in [0.2, 0.25) is 11.8 Å². The third-order valence-corrected chi connectivity index (χ3v) is 7.09. The standard InChI is InChI=1S/C29H36N2O3/c1-27(2,3)17-13-19(25-30-9-11-32-25)23-21(15-17)29(7,8)22-16-18(28(4,5)6)14-20(24(22)34-23)26-31-10-12-33-26/h13-16H,9-12H2,1-8H3. The summed E-state index contributed by atoms with van der Waals surface area (Å²) in [4.78, 5) is 9.31. The Balaban J connectivity index is 1.80. The molecule has 3 aliphatic heterocycles. The van der Waals surface area contributed by atoms with Gasteiger partial charge in [-0.15, -0.1) is 0 Å². The molecule has 34 heavy (non-hydrogen) atoms. The maximum absolute atomic E-state index is 6.81.